The zero-order valence-electron chi connectivity index (χ0n) is 7.87. The van der Waals surface area contributed by atoms with Crippen molar-refractivity contribution in [3.63, 3.8) is 0 Å². The standard InChI is InChI=1S/C9H17NO3/c11-8-13-9(12)4-7-10-5-2-1-3-6-10/h11H,1-8H2. The Morgan fingerprint density at radius 1 is 1.31 bits per heavy atom. The van der Waals surface area contributed by atoms with E-state index in [0.717, 1.165) is 19.6 Å². The average Bonchev–Trinajstić information content (AvgIpc) is 2.17. The lowest BCUT2D eigenvalue weighted by molar-refractivity contribution is -0.152. The highest BCUT2D eigenvalue weighted by Crippen LogP contribution is 2.08. The van der Waals surface area contributed by atoms with Gasteiger partial charge in [-0.3, -0.25) is 4.79 Å². The third-order valence-electron chi connectivity index (χ3n) is 2.31. The fourth-order valence-electron chi connectivity index (χ4n) is 1.58. The molecule has 0 atom stereocenters. The maximum Gasteiger partial charge on any atom is 0.309 e. The Hall–Kier alpha value is -0.610. The fraction of sp³-hybridized carbons (Fsp3) is 0.889. The lowest BCUT2D eigenvalue weighted by Crippen LogP contribution is -2.31. The molecule has 1 saturated heterocycles. The number of carbonyl (C=O) groups is 1. The van der Waals surface area contributed by atoms with E-state index in [-0.39, 0.29) is 5.97 Å². The number of piperidine rings is 1. The first-order chi connectivity index (χ1) is 6.33. The van der Waals surface area contributed by atoms with Crippen LogP contribution in [0.1, 0.15) is 25.7 Å². The van der Waals surface area contributed by atoms with Crippen molar-refractivity contribution in [3.8, 4) is 0 Å². The Morgan fingerprint density at radius 2 is 2.00 bits per heavy atom. The third-order valence-corrected chi connectivity index (χ3v) is 2.31. The highest BCUT2D eigenvalue weighted by Gasteiger charge is 2.11. The minimum atomic E-state index is -0.501. The van der Waals surface area contributed by atoms with Crippen molar-refractivity contribution >= 4 is 5.97 Å². The van der Waals surface area contributed by atoms with Crippen LogP contribution in [-0.2, 0) is 9.53 Å². The molecule has 4 heteroatoms. The Kier molecular flexibility index (Phi) is 4.78. The highest BCUT2D eigenvalue weighted by atomic mass is 16.6. The second-order valence-electron chi connectivity index (χ2n) is 3.30. The summed E-state index contributed by atoms with van der Waals surface area (Å²) in [5.41, 5.74) is 0. The van der Waals surface area contributed by atoms with Crippen LogP contribution in [0.5, 0.6) is 0 Å². The number of likely N-dealkylation sites (tertiary alicyclic amines) is 1. The van der Waals surface area contributed by atoms with Gasteiger partial charge in [-0.1, -0.05) is 6.42 Å². The quantitative estimate of drug-likeness (QED) is 0.510. The number of aliphatic hydroxyl groups excluding tert-OH is 1. The molecule has 0 aliphatic carbocycles. The number of hydrogen-bond donors (Lipinski definition) is 1. The zero-order chi connectivity index (χ0) is 9.52. The molecule has 1 aliphatic heterocycles. The molecule has 76 valence electrons. The molecule has 1 heterocycles. The van der Waals surface area contributed by atoms with E-state index in [2.05, 4.69) is 9.64 Å². The van der Waals surface area contributed by atoms with Crippen molar-refractivity contribution in [2.45, 2.75) is 25.7 Å². The summed E-state index contributed by atoms with van der Waals surface area (Å²) in [5.74, 6) is -0.312. The second-order valence-corrected chi connectivity index (χ2v) is 3.30. The molecule has 0 aromatic carbocycles. The summed E-state index contributed by atoms with van der Waals surface area (Å²) in [6.07, 6.45) is 4.16. The normalized spacial score (nSPS) is 18.5. The molecule has 4 nitrogen and oxygen atoms in total. The van der Waals surface area contributed by atoms with Gasteiger partial charge in [0.2, 0.25) is 0 Å². The van der Waals surface area contributed by atoms with Gasteiger partial charge < -0.3 is 14.7 Å². The van der Waals surface area contributed by atoms with E-state index >= 15 is 0 Å². The molecule has 0 saturated carbocycles. The first kappa shape index (κ1) is 10.5. The molecule has 0 aromatic rings. The minimum absolute atomic E-state index is 0.312. The zero-order valence-corrected chi connectivity index (χ0v) is 7.87. The number of rotatable bonds is 4. The maximum atomic E-state index is 10.9. The molecule has 13 heavy (non-hydrogen) atoms. The number of aliphatic hydroxyl groups is 1. The van der Waals surface area contributed by atoms with Crippen LogP contribution < -0.4 is 0 Å². The van der Waals surface area contributed by atoms with Crippen molar-refractivity contribution < 1.29 is 14.6 Å². The van der Waals surface area contributed by atoms with E-state index in [4.69, 9.17) is 5.11 Å². The summed E-state index contributed by atoms with van der Waals surface area (Å²) in [5, 5.41) is 8.32. The van der Waals surface area contributed by atoms with E-state index in [9.17, 15) is 4.79 Å². The van der Waals surface area contributed by atoms with E-state index in [1.165, 1.54) is 19.3 Å². The summed E-state index contributed by atoms with van der Waals surface area (Å²) in [7, 11) is 0. The third kappa shape index (κ3) is 4.24. The first-order valence-corrected chi connectivity index (χ1v) is 4.82. The SMILES string of the molecule is O=C(CCN1CCCCC1)OCO. The van der Waals surface area contributed by atoms with Gasteiger partial charge in [0.25, 0.3) is 0 Å². The van der Waals surface area contributed by atoms with Crippen LogP contribution in [-0.4, -0.2) is 42.4 Å². The van der Waals surface area contributed by atoms with Gasteiger partial charge in [-0.15, -0.1) is 0 Å². The number of ether oxygens (including phenoxy) is 1. The van der Waals surface area contributed by atoms with Crippen molar-refractivity contribution in [1.82, 2.24) is 4.90 Å². The molecule has 0 unspecified atom stereocenters. The van der Waals surface area contributed by atoms with E-state index in [1.807, 2.05) is 0 Å². The van der Waals surface area contributed by atoms with Gasteiger partial charge in [0.05, 0.1) is 6.42 Å². The van der Waals surface area contributed by atoms with Gasteiger partial charge in [-0.05, 0) is 25.9 Å². The van der Waals surface area contributed by atoms with E-state index < -0.39 is 6.79 Å². The summed E-state index contributed by atoms with van der Waals surface area (Å²) in [4.78, 5) is 13.1. The Labute approximate surface area is 78.5 Å². The van der Waals surface area contributed by atoms with Crippen molar-refractivity contribution in [1.29, 1.82) is 0 Å². The Balaban J connectivity index is 2.06. The van der Waals surface area contributed by atoms with Crippen LogP contribution in [0, 0.1) is 0 Å². The maximum absolute atomic E-state index is 10.9. The molecule has 0 bridgehead atoms. The number of nitrogens with zero attached hydrogens (tertiary/aromatic N) is 1. The predicted octanol–water partition coefficient (Wildman–Crippen LogP) is 0.355. The fourth-order valence-corrected chi connectivity index (χ4v) is 1.58. The minimum Gasteiger partial charge on any atom is -0.439 e. The predicted molar refractivity (Wildman–Crippen MR) is 48.1 cm³/mol. The summed E-state index contributed by atoms with van der Waals surface area (Å²) in [6, 6.07) is 0. The van der Waals surface area contributed by atoms with Crippen molar-refractivity contribution in [3.05, 3.63) is 0 Å². The Bertz CT molecular complexity index is 155. The van der Waals surface area contributed by atoms with Gasteiger partial charge >= 0.3 is 5.97 Å². The molecule has 1 aliphatic rings. The van der Waals surface area contributed by atoms with E-state index in [0.29, 0.717) is 6.42 Å². The first-order valence-electron chi connectivity index (χ1n) is 4.82. The van der Waals surface area contributed by atoms with Gasteiger partial charge in [-0.25, -0.2) is 0 Å². The lowest BCUT2D eigenvalue weighted by atomic mass is 10.1. The van der Waals surface area contributed by atoms with Gasteiger partial charge in [0.1, 0.15) is 0 Å². The summed E-state index contributed by atoms with van der Waals surface area (Å²) < 4.78 is 4.42. The number of carbonyl (C=O) groups excluding carboxylic acids is 1. The van der Waals surface area contributed by atoms with Gasteiger partial charge in [-0.2, -0.15) is 0 Å². The lowest BCUT2D eigenvalue weighted by Gasteiger charge is -2.25. The number of hydrogen-bond acceptors (Lipinski definition) is 4. The van der Waals surface area contributed by atoms with Gasteiger partial charge in [0.15, 0.2) is 6.79 Å². The van der Waals surface area contributed by atoms with Crippen LogP contribution in [0.4, 0.5) is 0 Å². The average molecular weight is 187 g/mol. The Morgan fingerprint density at radius 3 is 2.62 bits per heavy atom. The van der Waals surface area contributed by atoms with Crippen LogP contribution in [0.3, 0.4) is 0 Å². The molecule has 0 aromatic heterocycles. The molecule has 1 N–H and O–H groups in total. The largest absolute Gasteiger partial charge is 0.439 e. The molecular formula is C9H17NO3. The molecule has 1 rings (SSSR count). The molecule has 0 amide bonds. The van der Waals surface area contributed by atoms with Gasteiger partial charge in [0, 0.05) is 6.54 Å². The van der Waals surface area contributed by atoms with Crippen LogP contribution >= 0.6 is 0 Å². The van der Waals surface area contributed by atoms with E-state index in [1.54, 1.807) is 0 Å². The van der Waals surface area contributed by atoms with Crippen LogP contribution in [0.25, 0.3) is 0 Å². The summed E-state index contributed by atoms with van der Waals surface area (Å²) >= 11 is 0. The monoisotopic (exact) mass is 187 g/mol. The molecule has 0 spiro atoms. The smallest absolute Gasteiger partial charge is 0.309 e. The topological polar surface area (TPSA) is 49.8 Å². The molecular weight excluding hydrogens is 170 g/mol. The highest BCUT2D eigenvalue weighted by molar-refractivity contribution is 5.69. The van der Waals surface area contributed by atoms with Crippen LogP contribution in [0.2, 0.25) is 0 Å². The number of esters is 1. The second kappa shape index (κ2) is 5.94. The van der Waals surface area contributed by atoms with Crippen molar-refractivity contribution in [2.75, 3.05) is 26.4 Å². The summed E-state index contributed by atoms with van der Waals surface area (Å²) in [6.45, 7) is 2.44. The van der Waals surface area contributed by atoms with Crippen molar-refractivity contribution in [2.24, 2.45) is 0 Å². The van der Waals surface area contributed by atoms with Crippen LogP contribution in [0.15, 0.2) is 0 Å². The molecule has 0 radical (unpaired) electrons. The molecule has 1 fully saturated rings.